The van der Waals surface area contributed by atoms with Gasteiger partial charge in [0.1, 0.15) is 5.41 Å². The van der Waals surface area contributed by atoms with Gasteiger partial charge in [-0.1, -0.05) is 30.3 Å². The fourth-order valence-corrected chi connectivity index (χ4v) is 4.54. The highest BCUT2D eigenvalue weighted by Gasteiger charge is 2.53. The van der Waals surface area contributed by atoms with Gasteiger partial charge in [0.15, 0.2) is 11.5 Å². The van der Waals surface area contributed by atoms with Crippen LogP contribution in [0.1, 0.15) is 44.0 Å². The van der Waals surface area contributed by atoms with Crippen LogP contribution in [0.2, 0.25) is 0 Å². The number of primary amides is 1. The third-order valence-corrected chi connectivity index (χ3v) is 6.60. The molecule has 1 aliphatic heterocycles. The van der Waals surface area contributed by atoms with Gasteiger partial charge in [0.05, 0.1) is 11.8 Å². The first-order valence-electron chi connectivity index (χ1n) is 11.2. The minimum absolute atomic E-state index is 0.334. The maximum Gasteiger partial charge on any atom is 0.231 e. The molecule has 1 saturated heterocycles. The van der Waals surface area contributed by atoms with E-state index in [1.165, 1.54) is 5.56 Å². The lowest BCUT2D eigenvalue weighted by molar-refractivity contribution is -0.120. The van der Waals surface area contributed by atoms with Crippen LogP contribution in [0.3, 0.4) is 0 Å². The summed E-state index contributed by atoms with van der Waals surface area (Å²) < 4.78 is 7.58. The molecule has 1 aromatic carbocycles. The molecule has 1 saturated carbocycles. The number of amides is 1. The molecule has 2 N–H and O–H groups in total. The SMILES string of the molecule is CCOC1CCN(Cc2ccc(-c3cccc4nc(C5(C(N)=O)CC5)nn34)cc2)CC1. The van der Waals surface area contributed by atoms with E-state index in [-0.39, 0.29) is 5.91 Å². The first-order chi connectivity index (χ1) is 15.1. The van der Waals surface area contributed by atoms with Gasteiger partial charge in [0, 0.05) is 31.8 Å². The molecule has 7 nitrogen and oxygen atoms in total. The molecule has 2 aromatic heterocycles. The summed E-state index contributed by atoms with van der Waals surface area (Å²) in [6.45, 7) is 5.98. The third kappa shape index (κ3) is 3.83. The molecule has 3 aromatic rings. The van der Waals surface area contributed by atoms with Crippen LogP contribution >= 0.6 is 0 Å². The third-order valence-electron chi connectivity index (χ3n) is 6.60. The molecule has 2 fully saturated rings. The molecule has 31 heavy (non-hydrogen) atoms. The normalized spacial score (nSPS) is 19.0. The van der Waals surface area contributed by atoms with Crippen molar-refractivity contribution in [2.24, 2.45) is 5.73 Å². The number of aromatic nitrogens is 3. The maximum atomic E-state index is 11.9. The van der Waals surface area contributed by atoms with Crippen LogP contribution in [0.25, 0.3) is 16.9 Å². The average Bonchev–Trinajstić information content (AvgIpc) is 3.48. The quantitative estimate of drug-likeness (QED) is 0.636. The molecule has 0 radical (unpaired) electrons. The second kappa shape index (κ2) is 8.05. The van der Waals surface area contributed by atoms with Gasteiger partial charge in [-0.25, -0.2) is 9.50 Å². The number of likely N-dealkylation sites (tertiary alicyclic amines) is 1. The van der Waals surface area contributed by atoms with E-state index in [0.29, 0.717) is 11.9 Å². The topological polar surface area (TPSA) is 85.7 Å². The molecule has 1 aliphatic carbocycles. The zero-order chi connectivity index (χ0) is 21.4. The lowest BCUT2D eigenvalue weighted by Crippen LogP contribution is -2.36. The van der Waals surface area contributed by atoms with Crippen molar-refractivity contribution in [3.63, 3.8) is 0 Å². The summed E-state index contributed by atoms with van der Waals surface area (Å²) in [5, 5.41) is 4.67. The molecule has 0 unspecified atom stereocenters. The summed E-state index contributed by atoms with van der Waals surface area (Å²) in [5.41, 5.74) is 9.01. The maximum absolute atomic E-state index is 11.9. The van der Waals surface area contributed by atoms with E-state index in [1.54, 1.807) is 0 Å². The van der Waals surface area contributed by atoms with Gasteiger partial charge in [0.2, 0.25) is 5.91 Å². The molecule has 0 spiro atoms. The van der Waals surface area contributed by atoms with Gasteiger partial charge in [-0.05, 0) is 50.3 Å². The summed E-state index contributed by atoms with van der Waals surface area (Å²) in [6, 6.07) is 14.6. The number of hydrogen-bond acceptors (Lipinski definition) is 5. The number of benzene rings is 1. The van der Waals surface area contributed by atoms with Gasteiger partial charge >= 0.3 is 0 Å². The van der Waals surface area contributed by atoms with Gasteiger partial charge in [0.25, 0.3) is 0 Å². The first-order valence-corrected chi connectivity index (χ1v) is 11.2. The van der Waals surface area contributed by atoms with Crippen LogP contribution in [-0.4, -0.2) is 51.2 Å². The highest BCUT2D eigenvalue weighted by molar-refractivity contribution is 5.89. The van der Waals surface area contributed by atoms with Crippen molar-refractivity contribution in [2.75, 3.05) is 19.7 Å². The fraction of sp³-hybridized carbons (Fsp3) is 0.458. The number of fused-ring (bicyclic) bond motifs is 1. The van der Waals surface area contributed by atoms with Crippen LogP contribution < -0.4 is 5.73 Å². The second-order valence-corrected chi connectivity index (χ2v) is 8.69. The molecular formula is C24H29N5O2. The summed E-state index contributed by atoms with van der Waals surface area (Å²) in [7, 11) is 0. The minimum Gasteiger partial charge on any atom is -0.378 e. The molecule has 1 amide bonds. The Morgan fingerprint density at radius 1 is 1.16 bits per heavy atom. The Morgan fingerprint density at radius 3 is 2.55 bits per heavy atom. The Kier molecular flexibility index (Phi) is 5.24. The number of carbonyl (C=O) groups is 1. The Balaban J connectivity index is 1.33. The van der Waals surface area contributed by atoms with Gasteiger partial charge in [-0.3, -0.25) is 9.69 Å². The number of rotatable bonds is 7. The Labute approximate surface area is 182 Å². The number of pyridine rings is 1. The van der Waals surface area contributed by atoms with Crippen LogP contribution in [-0.2, 0) is 21.5 Å². The number of nitrogens with two attached hydrogens (primary N) is 1. The number of piperidine rings is 1. The van der Waals surface area contributed by atoms with E-state index in [0.717, 1.165) is 68.8 Å². The van der Waals surface area contributed by atoms with Crippen LogP contribution in [0.4, 0.5) is 0 Å². The highest BCUT2D eigenvalue weighted by atomic mass is 16.5. The predicted molar refractivity (Wildman–Crippen MR) is 118 cm³/mol. The number of hydrogen-bond donors (Lipinski definition) is 1. The van der Waals surface area contributed by atoms with E-state index >= 15 is 0 Å². The Bertz CT molecular complexity index is 1080. The Morgan fingerprint density at radius 2 is 1.90 bits per heavy atom. The molecule has 162 valence electrons. The largest absolute Gasteiger partial charge is 0.378 e. The van der Waals surface area contributed by atoms with E-state index in [1.807, 2.05) is 22.7 Å². The summed E-state index contributed by atoms with van der Waals surface area (Å²) in [5.74, 6) is 0.208. The average molecular weight is 420 g/mol. The van der Waals surface area contributed by atoms with E-state index in [4.69, 9.17) is 10.5 Å². The highest BCUT2D eigenvalue weighted by Crippen LogP contribution is 2.46. The van der Waals surface area contributed by atoms with Crippen LogP contribution in [0, 0.1) is 0 Å². The van der Waals surface area contributed by atoms with E-state index in [2.05, 4.69) is 46.2 Å². The number of carbonyl (C=O) groups excluding carboxylic acids is 1. The second-order valence-electron chi connectivity index (χ2n) is 8.69. The zero-order valence-electron chi connectivity index (χ0n) is 18.0. The van der Waals surface area contributed by atoms with Gasteiger partial charge in [-0.2, -0.15) is 0 Å². The zero-order valence-corrected chi connectivity index (χ0v) is 18.0. The van der Waals surface area contributed by atoms with Gasteiger partial charge in [-0.15, -0.1) is 5.10 Å². The first kappa shape index (κ1) is 20.2. The summed E-state index contributed by atoms with van der Waals surface area (Å²) >= 11 is 0. The predicted octanol–water partition coefficient (Wildman–Crippen LogP) is 2.91. The molecule has 2 aliphatic rings. The van der Waals surface area contributed by atoms with Crippen LogP contribution in [0.15, 0.2) is 42.5 Å². The number of nitrogens with zero attached hydrogens (tertiary/aromatic N) is 4. The minimum atomic E-state index is -0.678. The summed E-state index contributed by atoms with van der Waals surface area (Å²) in [6.07, 6.45) is 4.09. The molecular weight excluding hydrogens is 390 g/mol. The van der Waals surface area contributed by atoms with Crippen molar-refractivity contribution >= 4 is 11.6 Å². The Hall–Kier alpha value is -2.77. The standard InChI is InChI=1S/C24H29N5O2/c1-2-31-19-10-14-28(15-11-19)16-17-6-8-18(9-7-17)20-4-3-5-21-26-23(27-29(20)21)24(12-13-24)22(25)30/h3-9,19H,2,10-16H2,1H3,(H2,25,30). The van der Waals surface area contributed by atoms with Gasteiger partial charge < -0.3 is 10.5 Å². The van der Waals surface area contributed by atoms with Crippen molar-refractivity contribution in [3.8, 4) is 11.3 Å². The molecule has 7 heteroatoms. The monoisotopic (exact) mass is 419 g/mol. The van der Waals surface area contributed by atoms with E-state index < -0.39 is 5.41 Å². The molecule has 0 bridgehead atoms. The fourth-order valence-electron chi connectivity index (χ4n) is 4.54. The molecule has 5 rings (SSSR count). The lowest BCUT2D eigenvalue weighted by Gasteiger charge is -2.31. The molecule has 3 heterocycles. The van der Waals surface area contributed by atoms with Crippen molar-refractivity contribution in [1.29, 1.82) is 0 Å². The smallest absolute Gasteiger partial charge is 0.231 e. The van der Waals surface area contributed by atoms with Crippen molar-refractivity contribution in [3.05, 3.63) is 53.9 Å². The number of ether oxygens (including phenoxy) is 1. The lowest BCUT2D eigenvalue weighted by atomic mass is 10.0. The van der Waals surface area contributed by atoms with Crippen molar-refractivity contribution < 1.29 is 9.53 Å². The van der Waals surface area contributed by atoms with Crippen molar-refractivity contribution in [2.45, 2.75) is 50.7 Å². The van der Waals surface area contributed by atoms with E-state index in [9.17, 15) is 4.79 Å². The molecule has 0 atom stereocenters. The van der Waals surface area contributed by atoms with Crippen molar-refractivity contribution in [1.82, 2.24) is 19.5 Å². The van der Waals surface area contributed by atoms with Crippen LogP contribution in [0.5, 0.6) is 0 Å². The summed E-state index contributed by atoms with van der Waals surface area (Å²) in [4.78, 5) is 19.0.